The number of hydrogen-bond acceptors (Lipinski definition) is 4. The van der Waals surface area contributed by atoms with E-state index in [0.29, 0.717) is 22.8 Å². The van der Waals surface area contributed by atoms with Gasteiger partial charge in [0.1, 0.15) is 11.5 Å². The molecule has 6 heteroatoms. The highest BCUT2D eigenvalue weighted by Crippen LogP contribution is 2.30. The molecule has 0 radical (unpaired) electrons. The minimum Gasteiger partial charge on any atom is -0.334 e. The molecule has 3 N–H and O–H groups in total. The number of nitrogens with one attached hydrogen (secondary N) is 1. The molecule has 1 heterocycles. The number of halogens is 1. The van der Waals surface area contributed by atoms with Gasteiger partial charge in [0.15, 0.2) is 0 Å². The van der Waals surface area contributed by atoms with Gasteiger partial charge in [-0.2, -0.15) is 0 Å². The van der Waals surface area contributed by atoms with Crippen molar-refractivity contribution in [2.45, 2.75) is 32.7 Å². The minimum atomic E-state index is -0.113. The van der Waals surface area contributed by atoms with E-state index in [4.69, 9.17) is 17.4 Å². The third kappa shape index (κ3) is 3.36. The van der Waals surface area contributed by atoms with Crippen molar-refractivity contribution in [1.29, 1.82) is 0 Å². The zero-order chi connectivity index (χ0) is 14.0. The first-order valence-corrected chi connectivity index (χ1v) is 6.85. The molecule has 1 amide bonds. The van der Waals surface area contributed by atoms with Crippen molar-refractivity contribution in [2.75, 3.05) is 12.0 Å². The maximum absolute atomic E-state index is 12.6. The lowest BCUT2D eigenvalue weighted by molar-refractivity contribution is 0.0717. The largest absolute Gasteiger partial charge is 0.334 e. The average molecular weight is 283 g/mol. The Bertz CT molecular complexity index is 474. The Morgan fingerprint density at radius 2 is 2.26 bits per heavy atom. The fourth-order valence-corrected chi connectivity index (χ4v) is 2.17. The Morgan fingerprint density at radius 3 is 2.79 bits per heavy atom. The summed E-state index contributed by atoms with van der Waals surface area (Å²) < 4.78 is 0. The van der Waals surface area contributed by atoms with E-state index in [1.54, 1.807) is 12.1 Å². The summed E-state index contributed by atoms with van der Waals surface area (Å²) in [5.74, 6) is 6.06. The smallest absolute Gasteiger partial charge is 0.274 e. The quantitative estimate of drug-likeness (QED) is 0.642. The summed E-state index contributed by atoms with van der Waals surface area (Å²) in [5, 5.41) is 0.360. The number of nitrogen functional groups attached to an aromatic ring is 1. The van der Waals surface area contributed by atoms with Crippen molar-refractivity contribution in [1.82, 2.24) is 9.88 Å². The number of amides is 1. The summed E-state index contributed by atoms with van der Waals surface area (Å²) in [6.45, 7) is 4.91. The van der Waals surface area contributed by atoms with E-state index < -0.39 is 0 Å². The molecule has 0 aliphatic heterocycles. The first kappa shape index (κ1) is 14.1. The molecular formula is C13H19ClN4O. The van der Waals surface area contributed by atoms with Crippen LogP contribution in [0, 0.1) is 5.92 Å². The molecule has 1 aromatic rings. The van der Waals surface area contributed by atoms with Crippen LogP contribution in [0.1, 0.15) is 37.2 Å². The summed E-state index contributed by atoms with van der Waals surface area (Å²) in [4.78, 5) is 18.6. The van der Waals surface area contributed by atoms with Gasteiger partial charge in [-0.1, -0.05) is 25.4 Å². The summed E-state index contributed by atoms with van der Waals surface area (Å²) in [6.07, 6.45) is 2.12. The van der Waals surface area contributed by atoms with Gasteiger partial charge < -0.3 is 10.3 Å². The van der Waals surface area contributed by atoms with E-state index in [-0.39, 0.29) is 11.6 Å². The second kappa shape index (κ2) is 5.75. The van der Waals surface area contributed by atoms with Crippen LogP contribution in [0.5, 0.6) is 0 Å². The van der Waals surface area contributed by atoms with Crippen molar-refractivity contribution in [3.8, 4) is 0 Å². The van der Waals surface area contributed by atoms with Crippen LogP contribution >= 0.6 is 11.6 Å². The molecule has 5 nitrogen and oxygen atoms in total. The maximum Gasteiger partial charge on any atom is 0.274 e. The lowest BCUT2D eigenvalue weighted by Gasteiger charge is -2.24. The number of hydrazine groups is 1. The van der Waals surface area contributed by atoms with Gasteiger partial charge in [-0.15, -0.1) is 0 Å². The highest BCUT2D eigenvalue weighted by Gasteiger charge is 2.34. The molecule has 1 aliphatic carbocycles. The highest BCUT2D eigenvalue weighted by molar-refractivity contribution is 6.33. The zero-order valence-corrected chi connectivity index (χ0v) is 11.9. The van der Waals surface area contributed by atoms with Crippen LogP contribution in [0.4, 0.5) is 5.82 Å². The molecule has 0 aromatic carbocycles. The van der Waals surface area contributed by atoms with Crippen LogP contribution in [0.2, 0.25) is 5.02 Å². The van der Waals surface area contributed by atoms with Gasteiger partial charge in [0.05, 0.1) is 5.02 Å². The Morgan fingerprint density at radius 1 is 1.58 bits per heavy atom. The van der Waals surface area contributed by atoms with E-state index in [1.807, 2.05) is 4.90 Å². The van der Waals surface area contributed by atoms with E-state index in [2.05, 4.69) is 24.3 Å². The van der Waals surface area contributed by atoms with Crippen molar-refractivity contribution in [3.63, 3.8) is 0 Å². The second-order valence-electron chi connectivity index (χ2n) is 5.25. The van der Waals surface area contributed by atoms with E-state index in [0.717, 1.165) is 19.4 Å². The monoisotopic (exact) mass is 282 g/mol. The molecule has 0 atom stereocenters. The lowest BCUT2D eigenvalue weighted by Crippen LogP contribution is -2.36. The van der Waals surface area contributed by atoms with Crippen LogP contribution in [0.3, 0.4) is 0 Å². The summed E-state index contributed by atoms with van der Waals surface area (Å²) in [5.41, 5.74) is 2.70. The van der Waals surface area contributed by atoms with Gasteiger partial charge in [0.2, 0.25) is 0 Å². The standard InChI is InChI=1S/C13H19ClN4O/c1-8(2)7-18(9-3-4-9)13(19)12-10(14)5-6-11(16-12)17-15/h5-6,8-9H,3-4,7,15H2,1-2H3,(H,16,17). The predicted octanol–water partition coefficient (Wildman–Crippen LogP) is 2.28. The normalized spacial score (nSPS) is 14.6. The number of rotatable bonds is 5. The Kier molecular flexibility index (Phi) is 4.27. The van der Waals surface area contributed by atoms with Crippen molar-refractivity contribution < 1.29 is 4.79 Å². The molecule has 0 unspecified atom stereocenters. The molecular weight excluding hydrogens is 264 g/mol. The number of anilines is 1. The van der Waals surface area contributed by atoms with Crippen LogP contribution in [0.25, 0.3) is 0 Å². The molecule has 2 rings (SSSR count). The van der Waals surface area contributed by atoms with Gasteiger partial charge >= 0.3 is 0 Å². The van der Waals surface area contributed by atoms with Gasteiger partial charge in [-0.25, -0.2) is 10.8 Å². The zero-order valence-electron chi connectivity index (χ0n) is 11.2. The molecule has 0 spiro atoms. The molecule has 1 aliphatic rings. The Labute approximate surface area is 118 Å². The van der Waals surface area contributed by atoms with Gasteiger partial charge in [-0.3, -0.25) is 4.79 Å². The molecule has 0 bridgehead atoms. The van der Waals surface area contributed by atoms with Crippen molar-refractivity contribution in [3.05, 3.63) is 22.8 Å². The van der Waals surface area contributed by atoms with Crippen molar-refractivity contribution >= 4 is 23.3 Å². The highest BCUT2D eigenvalue weighted by atomic mass is 35.5. The number of nitrogens with two attached hydrogens (primary N) is 1. The van der Waals surface area contributed by atoms with E-state index >= 15 is 0 Å². The lowest BCUT2D eigenvalue weighted by atomic mass is 10.2. The maximum atomic E-state index is 12.6. The number of hydrogen-bond donors (Lipinski definition) is 2. The molecule has 0 saturated heterocycles. The third-order valence-electron chi connectivity index (χ3n) is 3.01. The minimum absolute atomic E-state index is 0.113. The van der Waals surface area contributed by atoms with Crippen LogP contribution < -0.4 is 11.3 Å². The molecule has 19 heavy (non-hydrogen) atoms. The van der Waals surface area contributed by atoms with Crippen LogP contribution in [0.15, 0.2) is 12.1 Å². The number of carbonyl (C=O) groups is 1. The number of carbonyl (C=O) groups excluding carboxylic acids is 1. The van der Waals surface area contributed by atoms with E-state index in [9.17, 15) is 4.79 Å². The van der Waals surface area contributed by atoms with Crippen LogP contribution in [-0.2, 0) is 0 Å². The number of pyridine rings is 1. The summed E-state index contributed by atoms with van der Waals surface area (Å²) in [7, 11) is 0. The van der Waals surface area contributed by atoms with Crippen LogP contribution in [-0.4, -0.2) is 28.4 Å². The number of nitrogens with zero attached hydrogens (tertiary/aromatic N) is 2. The molecule has 104 valence electrons. The summed E-state index contributed by atoms with van der Waals surface area (Å²) >= 11 is 6.08. The molecule has 1 fully saturated rings. The predicted molar refractivity (Wildman–Crippen MR) is 76.0 cm³/mol. The Balaban J connectivity index is 2.25. The fraction of sp³-hybridized carbons (Fsp3) is 0.538. The van der Waals surface area contributed by atoms with Gasteiger partial charge in [0.25, 0.3) is 5.91 Å². The molecule has 1 saturated carbocycles. The van der Waals surface area contributed by atoms with Gasteiger partial charge in [-0.05, 0) is 30.9 Å². The average Bonchev–Trinajstić information content (AvgIpc) is 3.20. The van der Waals surface area contributed by atoms with Gasteiger partial charge in [0, 0.05) is 12.6 Å². The third-order valence-corrected chi connectivity index (χ3v) is 3.31. The first-order valence-electron chi connectivity index (χ1n) is 6.47. The molecule has 1 aromatic heterocycles. The second-order valence-corrected chi connectivity index (χ2v) is 5.66. The Hall–Kier alpha value is -1.33. The number of aromatic nitrogens is 1. The first-order chi connectivity index (χ1) is 9.02. The fourth-order valence-electron chi connectivity index (χ4n) is 1.99. The topological polar surface area (TPSA) is 71.2 Å². The summed E-state index contributed by atoms with van der Waals surface area (Å²) in [6, 6.07) is 3.61. The SMILES string of the molecule is CC(C)CN(C(=O)c1nc(NN)ccc1Cl)C1CC1. The van der Waals surface area contributed by atoms with E-state index in [1.165, 1.54) is 0 Å². The van der Waals surface area contributed by atoms with Crippen molar-refractivity contribution in [2.24, 2.45) is 11.8 Å².